The van der Waals surface area contributed by atoms with Crippen LogP contribution in [0.25, 0.3) is 0 Å². The first-order valence-corrected chi connectivity index (χ1v) is 6.54. The van der Waals surface area contributed by atoms with Crippen molar-refractivity contribution in [2.24, 2.45) is 11.1 Å². The maximum Gasteiger partial charge on any atom is 0.269 e. The number of carbonyl (C=O) groups excluding carboxylic acids is 1. The monoisotopic (exact) mass is 279 g/mol. The molecule has 0 unspecified atom stereocenters. The molecule has 0 aliphatic heterocycles. The van der Waals surface area contributed by atoms with Gasteiger partial charge in [-0.15, -0.1) is 0 Å². The molecule has 6 heteroatoms. The topological polar surface area (TPSA) is 89.5 Å². The minimum atomic E-state index is -0.483. The highest BCUT2D eigenvalue weighted by Crippen LogP contribution is 2.18. The normalized spacial score (nSPS) is 11.2. The quantitative estimate of drug-likeness (QED) is 0.637. The number of nitrogens with two attached hydrogens (primary N) is 1. The summed E-state index contributed by atoms with van der Waals surface area (Å²) in [5, 5.41) is 10.6. The summed E-state index contributed by atoms with van der Waals surface area (Å²) in [7, 11) is 0. The molecule has 0 atom stereocenters. The lowest BCUT2D eigenvalue weighted by Gasteiger charge is -2.31. The number of hydrogen-bond acceptors (Lipinski definition) is 4. The average Bonchev–Trinajstić information content (AvgIpc) is 2.44. The van der Waals surface area contributed by atoms with Gasteiger partial charge < -0.3 is 10.6 Å². The number of benzene rings is 1. The van der Waals surface area contributed by atoms with E-state index in [1.54, 1.807) is 4.90 Å². The van der Waals surface area contributed by atoms with Crippen LogP contribution in [0, 0.1) is 15.5 Å². The first-order chi connectivity index (χ1) is 9.30. The van der Waals surface area contributed by atoms with Gasteiger partial charge in [-0.2, -0.15) is 0 Å². The molecule has 0 spiro atoms. The summed E-state index contributed by atoms with van der Waals surface area (Å²) in [5.41, 5.74) is 5.96. The van der Waals surface area contributed by atoms with Crippen molar-refractivity contribution in [3.8, 4) is 0 Å². The first kappa shape index (κ1) is 16.1. The summed E-state index contributed by atoms with van der Waals surface area (Å²) in [4.78, 5) is 24.2. The van der Waals surface area contributed by atoms with Crippen LogP contribution in [0.15, 0.2) is 24.3 Å². The van der Waals surface area contributed by atoms with E-state index < -0.39 is 4.92 Å². The van der Waals surface area contributed by atoms with Gasteiger partial charge in [-0.3, -0.25) is 14.9 Å². The highest BCUT2D eigenvalue weighted by atomic mass is 16.6. The zero-order valence-electron chi connectivity index (χ0n) is 12.1. The van der Waals surface area contributed by atoms with Gasteiger partial charge in [-0.1, -0.05) is 13.8 Å². The fourth-order valence-corrected chi connectivity index (χ4v) is 1.82. The maximum absolute atomic E-state index is 12.4. The molecule has 0 aliphatic carbocycles. The second-order valence-corrected chi connectivity index (χ2v) is 5.49. The highest BCUT2D eigenvalue weighted by Gasteiger charge is 2.23. The van der Waals surface area contributed by atoms with Gasteiger partial charge in [0.2, 0.25) is 0 Å². The van der Waals surface area contributed by atoms with Crippen molar-refractivity contribution in [3.63, 3.8) is 0 Å². The fourth-order valence-electron chi connectivity index (χ4n) is 1.82. The number of hydrogen-bond donors (Lipinski definition) is 1. The maximum atomic E-state index is 12.4. The van der Waals surface area contributed by atoms with Crippen molar-refractivity contribution >= 4 is 11.6 Å². The number of carbonyl (C=O) groups is 1. The van der Waals surface area contributed by atoms with Crippen molar-refractivity contribution in [2.75, 3.05) is 19.6 Å². The molecular weight excluding hydrogens is 258 g/mol. The smallest absolute Gasteiger partial charge is 0.269 e. The number of non-ortho nitro benzene ring substituents is 1. The molecule has 110 valence electrons. The zero-order valence-corrected chi connectivity index (χ0v) is 12.1. The molecule has 0 saturated carbocycles. The molecule has 1 aromatic rings. The van der Waals surface area contributed by atoms with E-state index in [1.165, 1.54) is 24.3 Å². The van der Waals surface area contributed by atoms with E-state index in [1.807, 2.05) is 20.8 Å². The van der Waals surface area contributed by atoms with Crippen molar-refractivity contribution < 1.29 is 9.72 Å². The molecule has 0 fully saturated rings. The van der Waals surface area contributed by atoms with Crippen LogP contribution in [0.1, 0.15) is 31.1 Å². The molecule has 0 radical (unpaired) electrons. The number of rotatable bonds is 6. The van der Waals surface area contributed by atoms with Gasteiger partial charge >= 0.3 is 0 Å². The highest BCUT2D eigenvalue weighted by molar-refractivity contribution is 5.94. The summed E-state index contributed by atoms with van der Waals surface area (Å²) in [6.07, 6.45) is 0. The molecule has 2 N–H and O–H groups in total. The Morgan fingerprint density at radius 1 is 1.35 bits per heavy atom. The van der Waals surface area contributed by atoms with E-state index in [-0.39, 0.29) is 17.0 Å². The largest absolute Gasteiger partial charge is 0.338 e. The van der Waals surface area contributed by atoms with Crippen LogP contribution in [-0.2, 0) is 0 Å². The average molecular weight is 279 g/mol. The lowest BCUT2D eigenvalue weighted by Crippen LogP contribution is -2.41. The summed E-state index contributed by atoms with van der Waals surface area (Å²) in [6, 6.07) is 5.65. The predicted molar refractivity (Wildman–Crippen MR) is 77.5 cm³/mol. The lowest BCUT2D eigenvalue weighted by molar-refractivity contribution is -0.384. The van der Waals surface area contributed by atoms with Gasteiger partial charge in [0.25, 0.3) is 11.6 Å². The van der Waals surface area contributed by atoms with E-state index in [9.17, 15) is 14.9 Å². The molecule has 0 saturated heterocycles. The van der Waals surface area contributed by atoms with Crippen LogP contribution in [0.5, 0.6) is 0 Å². The number of nitrogens with zero attached hydrogens (tertiary/aromatic N) is 2. The lowest BCUT2D eigenvalue weighted by atomic mass is 9.93. The minimum Gasteiger partial charge on any atom is -0.338 e. The Bertz CT molecular complexity index is 483. The van der Waals surface area contributed by atoms with E-state index >= 15 is 0 Å². The predicted octanol–water partition coefficient (Wildman–Crippen LogP) is 2.04. The number of nitro benzene ring substituents is 1. The Morgan fingerprint density at radius 3 is 2.30 bits per heavy atom. The standard InChI is InChI=1S/C14H21N3O3/c1-4-16(10-14(2,3)9-15)13(18)11-5-7-12(8-6-11)17(19)20/h5-8H,4,9-10,15H2,1-3H3. The summed E-state index contributed by atoms with van der Waals surface area (Å²) in [6.45, 7) is 7.50. The van der Waals surface area contributed by atoms with Gasteiger partial charge in [0.05, 0.1) is 4.92 Å². The van der Waals surface area contributed by atoms with E-state index in [0.29, 0.717) is 25.2 Å². The van der Waals surface area contributed by atoms with Gasteiger partial charge in [0.15, 0.2) is 0 Å². The molecule has 1 amide bonds. The molecular formula is C14H21N3O3. The van der Waals surface area contributed by atoms with Crippen LogP contribution in [0.2, 0.25) is 0 Å². The van der Waals surface area contributed by atoms with Crippen molar-refractivity contribution in [2.45, 2.75) is 20.8 Å². The van der Waals surface area contributed by atoms with Gasteiger partial charge in [0, 0.05) is 30.8 Å². The van der Waals surface area contributed by atoms with Crippen LogP contribution < -0.4 is 5.73 Å². The third-order valence-corrected chi connectivity index (χ3v) is 3.17. The Kier molecular flexibility index (Phi) is 5.21. The first-order valence-electron chi connectivity index (χ1n) is 6.54. The Hall–Kier alpha value is -1.95. The summed E-state index contributed by atoms with van der Waals surface area (Å²) in [5.74, 6) is -0.135. The van der Waals surface area contributed by atoms with Crippen LogP contribution in [0.4, 0.5) is 5.69 Å². The van der Waals surface area contributed by atoms with E-state index in [0.717, 1.165) is 0 Å². The van der Waals surface area contributed by atoms with Crippen LogP contribution in [0.3, 0.4) is 0 Å². The Labute approximate surface area is 118 Å². The van der Waals surface area contributed by atoms with E-state index in [2.05, 4.69) is 0 Å². The minimum absolute atomic E-state index is 0.0214. The second-order valence-electron chi connectivity index (χ2n) is 5.49. The third-order valence-electron chi connectivity index (χ3n) is 3.17. The van der Waals surface area contributed by atoms with E-state index in [4.69, 9.17) is 5.73 Å². The molecule has 0 heterocycles. The summed E-state index contributed by atoms with van der Waals surface area (Å²) < 4.78 is 0. The summed E-state index contributed by atoms with van der Waals surface area (Å²) >= 11 is 0. The molecule has 1 aromatic carbocycles. The van der Waals surface area contributed by atoms with Crippen LogP contribution in [-0.4, -0.2) is 35.4 Å². The van der Waals surface area contributed by atoms with Crippen molar-refractivity contribution in [1.82, 2.24) is 4.90 Å². The molecule has 0 aliphatic rings. The van der Waals surface area contributed by atoms with Gasteiger partial charge in [-0.05, 0) is 31.0 Å². The fraction of sp³-hybridized carbons (Fsp3) is 0.500. The van der Waals surface area contributed by atoms with Crippen molar-refractivity contribution in [1.29, 1.82) is 0 Å². The zero-order chi connectivity index (χ0) is 15.3. The second kappa shape index (κ2) is 6.47. The Morgan fingerprint density at radius 2 is 1.90 bits per heavy atom. The molecule has 1 rings (SSSR count). The van der Waals surface area contributed by atoms with Crippen LogP contribution >= 0.6 is 0 Å². The Balaban J connectivity index is 2.88. The number of nitro groups is 1. The van der Waals surface area contributed by atoms with Gasteiger partial charge in [-0.25, -0.2) is 0 Å². The molecule has 6 nitrogen and oxygen atoms in total. The third kappa shape index (κ3) is 4.03. The van der Waals surface area contributed by atoms with Crippen molar-refractivity contribution in [3.05, 3.63) is 39.9 Å². The molecule has 0 bridgehead atoms. The SMILES string of the molecule is CCN(CC(C)(C)CN)C(=O)c1ccc([N+](=O)[O-])cc1. The number of amides is 1. The molecule has 0 aromatic heterocycles. The molecule has 20 heavy (non-hydrogen) atoms. The van der Waals surface area contributed by atoms with Gasteiger partial charge in [0.1, 0.15) is 0 Å².